The molecule has 1 fully saturated rings. The van der Waals surface area contributed by atoms with Crippen LogP contribution in [0.2, 0.25) is 0 Å². The minimum Gasteiger partial charge on any atom is -0.493 e. The Morgan fingerprint density at radius 3 is 2.74 bits per heavy atom. The molecule has 8 heteroatoms. The number of aromatic nitrogens is 4. The lowest BCUT2D eigenvalue weighted by Gasteiger charge is -2.35. The third kappa shape index (κ3) is 4.68. The van der Waals surface area contributed by atoms with Crippen LogP contribution < -0.4 is 4.74 Å². The number of fused-ring (bicyclic) bond motifs is 1. The fraction of sp³-hybridized carbons (Fsp3) is 0.478. The highest BCUT2D eigenvalue weighted by Gasteiger charge is 2.26. The Morgan fingerprint density at radius 1 is 1.26 bits per heavy atom. The summed E-state index contributed by atoms with van der Waals surface area (Å²) < 4.78 is 7.66. The van der Waals surface area contributed by atoms with Gasteiger partial charge in [0.05, 0.1) is 23.4 Å². The first-order valence-corrected chi connectivity index (χ1v) is 10.7. The smallest absolute Gasteiger partial charge is 0.170 e. The minimum absolute atomic E-state index is 0.276. The maximum atomic E-state index is 10.1. The average Bonchev–Trinajstić information content (AvgIpc) is 3.13. The van der Waals surface area contributed by atoms with Crippen molar-refractivity contribution in [3.8, 4) is 23.1 Å². The molecule has 2 aromatic heterocycles. The Kier molecular flexibility index (Phi) is 5.90. The van der Waals surface area contributed by atoms with Crippen LogP contribution in [-0.2, 0) is 7.05 Å². The molecule has 1 aromatic carbocycles. The van der Waals surface area contributed by atoms with Crippen molar-refractivity contribution in [2.75, 3.05) is 26.2 Å². The van der Waals surface area contributed by atoms with Gasteiger partial charge in [0.2, 0.25) is 0 Å². The number of ether oxygens (including phenoxy) is 1. The molecule has 0 bridgehead atoms. The highest BCUT2D eigenvalue weighted by atomic mass is 16.5. The number of likely N-dealkylation sites (tertiary alicyclic amines) is 1. The number of benzene rings is 1. The molecule has 1 saturated heterocycles. The third-order valence-electron chi connectivity index (χ3n) is 5.99. The molecule has 0 aliphatic carbocycles. The second kappa shape index (κ2) is 8.61. The molecule has 162 valence electrons. The van der Waals surface area contributed by atoms with Crippen LogP contribution in [0.5, 0.6) is 5.75 Å². The fourth-order valence-corrected chi connectivity index (χ4v) is 3.96. The van der Waals surface area contributed by atoms with E-state index in [9.17, 15) is 10.4 Å². The summed E-state index contributed by atoms with van der Waals surface area (Å²) in [6.07, 6.45) is 2.61. The number of hydrogen-bond donors (Lipinski definition) is 1. The van der Waals surface area contributed by atoms with Gasteiger partial charge in [-0.3, -0.25) is 0 Å². The van der Waals surface area contributed by atoms with Gasteiger partial charge in [-0.1, -0.05) is 5.21 Å². The molecule has 0 unspecified atom stereocenters. The van der Waals surface area contributed by atoms with Gasteiger partial charge < -0.3 is 14.7 Å². The van der Waals surface area contributed by atoms with Gasteiger partial charge in [-0.2, -0.15) is 5.26 Å². The summed E-state index contributed by atoms with van der Waals surface area (Å²) in [6.45, 7) is 7.44. The maximum absolute atomic E-state index is 10.1. The zero-order chi connectivity index (χ0) is 22.0. The number of aryl methyl sites for hydroxylation is 2. The topological polar surface area (TPSA) is 100 Å². The Balaban J connectivity index is 1.39. The molecule has 4 rings (SSSR count). The predicted molar refractivity (Wildman–Crippen MR) is 118 cm³/mol. The number of pyridine rings is 1. The minimum atomic E-state index is -0.507. The summed E-state index contributed by atoms with van der Waals surface area (Å²) in [6, 6.07) is 9.98. The van der Waals surface area contributed by atoms with Crippen molar-refractivity contribution in [1.82, 2.24) is 24.9 Å². The molecule has 3 aromatic rings. The van der Waals surface area contributed by atoms with Gasteiger partial charge in [0.1, 0.15) is 17.3 Å². The molecule has 1 N–H and O–H groups in total. The Hall–Kier alpha value is -3.02. The zero-order valence-electron chi connectivity index (χ0n) is 18.3. The van der Waals surface area contributed by atoms with Crippen LogP contribution in [-0.4, -0.2) is 61.8 Å². The quantitative estimate of drug-likeness (QED) is 0.612. The molecule has 1 aliphatic heterocycles. The number of nitrogens with zero attached hydrogens (tertiary/aromatic N) is 6. The zero-order valence-corrected chi connectivity index (χ0v) is 18.3. The van der Waals surface area contributed by atoms with Crippen molar-refractivity contribution in [3.63, 3.8) is 0 Å². The van der Waals surface area contributed by atoms with Crippen LogP contribution in [0, 0.1) is 18.3 Å². The van der Waals surface area contributed by atoms with Gasteiger partial charge >= 0.3 is 0 Å². The summed E-state index contributed by atoms with van der Waals surface area (Å²) >= 11 is 0. The van der Waals surface area contributed by atoms with E-state index in [2.05, 4.69) is 26.3 Å². The Bertz CT molecular complexity index is 1120. The molecule has 1 aliphatic rings. The first-order chi connectivity index (χ1) is 14.9. The fourth-order valence-electron chi connectivity index (χ4n) is 3.96. The van der Waals surface area contributed by atoms with E-state index in [4.69, 9.17) is 4.74 Å². The molecule has 8 nitrogen and oxygen atoms in total. The van der Waals surface area contributed by atoms with E-state index in [1.165, 1.54) is 0 Å². The second-order valence-electron chi connectivity index (χ2n) is 8.57. The van der Waals surface area contributed by atoms with Crippen molar-refractivity contribution in [1.29, 1.82) is 5.26 Å². The summed E-state index contributed by atoms with van der Waals surface area (Å²) in [7, 11) is 1.80. The molecular weight excluding hydrogens is 392 g/mol. The van der Waals surface area contributed by atoms with Crippen molar-refractivity contribution in [3.05, 3.63) is 35.5 Å². The first-order valence-electron chi connectivity index (χ1n) is 10.7. The lowest BCUT2D eigenvalue weighted by atomic mass is 9.94. The number of nitriles is 1. The summed E-state index contributed by atoms with van der Waals surface area (Å²) in [5.41, 5.74) is 3.72. The van der Waals surface area contributed by atoms with Crippen LogP contribution in [0.4, 0.5) is 0 Å². The van der Waals surface area contributed by atoms with Crippen LogP contribution in [0.3, 0.4) is 0 Å². The van der Waals surface area contributed by atoms with Gasteiger partial charge in [0.25, 0.3) is 0 Å². The molecule has 3 heterocycles. The maximum Gasteiger partial charge on any atom is 0.170 e. The van der Waals surface area contributed by atoms with Crippen molar-refractivity contribution in [2.24, 2.45) is 7.05 Å². The van der Waals surface area contributed by atoms with Gasteiger partial charge in [-0.15, -0.1) is 5.10 Å². The Labute approximate surface area is 182 Å². The van der Waals surface area contributed by atoms with Gasteiger partial charge in [-0.25, -0.2) is 9.67 Å². The van der Waals surface area contributed by atoms with Gasteiger partial charge in [0, 0.05) is 32.2 Å². The highest BCUT2D eigenvalue weighted by molar-refractivity contribution is 5.83. The van der Waals surface area contributed by atoms with Crippen molar-refractivity contribution in [2.45, 2.75) is 38.7 Å². The van der Waals surface area contributed by atoms with Crippen molar-refractivity contribution < 1.29 is 9.84 Å². The van der Waals surface area contributed by atoms with E-state index in [0.29, 0.717) is 17.8 Å². The van der Waals surface area contributed by atoms with E-state index in [0.717, 1.165) is 61.3 Å². The molecule has 31 heavy (non-hydrogen) atoms. The standard InChI is InChI=1S/C23H28N6O2/c1-16-13-17(18-14-20-22(19(15-24)25-18)26-27-28(20)3)5-6-21(16)31-12-4-9-29-10-7-23(2,30)8-11-29/h5-6,13-14,30H,4,7-12H2,1-3H3. The van der Waals surface area contributed by atoms with Gasteiger partial charge in [-0.05, 0) is 62.9 Å². The summed E-state index contributed by atoms with van der Waals surface area (Å²) in [5, 5.41) is 27.5. The average molecular weight is 421 g/mol. The SMILES string of the molecule is Cc1cc(-c2cc3c(nnn3C)c(C#N)n2)ccc1OCCCN1CCC(C)(O)CC1. The van der Waals surface area contributed by atoms with E-state index >= 15 is 0 Å². The normalized spacial score (nSPS) is 16.4. The molecule has 0 amide bonds. The summed E-state index contributed by atoms with van der Waals surface area (Å²) in [5.74, 6) is 0.856. The highest BCUT2D eigenvalue weighted by Crippen LogP contribution is 2.28. The first kappa shape index (κ1) is 21.2. The van der Waals surface area contributed by atoms with Crippen LogP contribution in [0.15, 0.2) is 24.3 Å². The molecule has 0 atom stereocenters. The van der Waals surface area contributed by atoms with E-state index in [1.807, 2.05) is 38.1 Å². The number of piperidine rings is 1. The van der Waals surface area contributed by atoms with Crippen molar-refractivity contribution >= 4 is 11.0 Å². The predicted octanol–water partition coefficient (Wildman–Crippen LogP) is 2.83. The van der Waals surface area contributed by atoms with Gasteiger partial charge in [0.15, 0.2) is 5.69 Å². The molecule has 0 spiro atoms. The van der Waals surface area contributed by atoms with E-state index in [1.54, 1.807) is 11.7 Å². The number of rotatable bonds is 6. The third-order valence-corrected chi connectivity index (χ3v) is 5.99. The lowest BCUT2D eigenvalue weighted by Crippen LogP contribution is -2.42. The largest absolute Gasteiger partial charge is 0.493 e. The van der Waals surface area contributed by atoms with Crippen LogP contribution in [0.1, 0.15) is 37.4 Å². The molecule has 0 saturated carbocycles. The van der Waals surface area contributed by atoms with Crippen LogP contribution >= 0.6 is 0 Å². The summed E-state index contributed by atoms with van der Waals surface area (Å²) in [4.78, 5) is 6.86. The number of hydrogen-bond acceptors (Lipinski definition) is 7. The second-order valence-corrected chi connectivity index (χ2v) is 8.57. The Morgan fingerprint density at radius 2 is 2.03 bits per heavy atom. The lowest BCUT2D eigenvalue weighted by molar-refractivity contribution is -0.00604. The molecular formula is C23H28N6O2. The molecule has 0 radical (unpaired) electrons. The van der Waals surface area contributed by atoms with Crippen LogP contribution in [0.25, 0.3) is 22.3 Å². The van der Waals surface area contributed by atoms with E-state index in [-0.39, 0.29) is 5.69 Å². The number of aliphatic hydroxyl groups is 1. The monoisotopic (exact) mass is 420 g/mol. The van der Waals surface area contributed by atoms with E-state index < -0.39 is 5.60 Å².